The molecule has 0 bridgehead atoms. The molecule has 8 amide bonds. The monoisotopic (exact) mass is 988 g/mol. The number of hydrogen-bond acceptors (Lipinski definition) is 16. The van der Waals surface area contributed by atoms with Gasteiger partial charge < -0.3 is 37.9 Å². The summed E-state index contributed by atoms with van der Waals surface area (Å²) < 4.78 is 48.6. The van der Waals surface area contributed by atoms with E-state index in [1.54, 1.807) is 97.1 Å². The van der Waals surface area contributed by atoms with Crippen LogP contribution in [0.2, 0.25) is 0 Å². The van der Waals surface area contributed by atoms with Crippen LogP contribution in [0.5, 0.6) is 0 Å². The molecule has 4 aromatic rings. The van der Waals surface area contributed by atoms with Crippen molar-refractivity contribution in [2.24, 2.45) is 0 Å². The number of fused-ring (bicyclic) bond motifs is 4. The second-order valence-electron chi connectivity index (χ2n) is 17.2. The van der Waals surface area contributed by atoms with E-state index in [4.69, 9.17) is 37.9 Å². The average molecular weight is 989 g/mol. The molecular formula is C52H52N4O16. The summed E-state index contributed by atoms with van der Waals surface area (Å²) in [5, 5.41) is 0. The molecule has 0 radical (unpaired) electrons. The lowest BCUT2D eigenvalue weighted by atomic mass is 10.1. The van der Waals surface area contributed by atoms with Crippen LogP contribution < -0.4 is 0 Å². The summed E-state index contributed by atoms with van der Waals surface area (Å²) in [7, 11) is 0. The van der Waals surface area contributed by atoms with Crippen molar-refractivity contribution >= 4 is 47.3 Å². The fourth-order valence-corrected chi connectivity index (χ4v) is 9.13. The maximum absolute atomic E-state index is 13.6. The zero-order valence-electron chi connectivity index (χ0n) is 39.2. The Morgan fingerprint density at radius 2 is 0.417 bits per heavy atom. The van der Waals surface area contributed by atoms with E-state index in [9.17, 15) is 38.4 Å². The van der Waals surface area contributed by atoms with Gasteiger partial charge in [-0.3, -0.25) is 58.0 Å². The summed E-state index contributed by atoms with van der Waals surface area (Å²) in [6, 6.07) is 25.8. The summed E-state index contributed by atoms with van der Waals surface area (Å²) in [6.07, 6.45) is -4.18. The van der Waals surface area contributed by atoms with Gasteiger partial charge in [0.15, 0.2) is 0 Å². The van der Waals surface area contributed by atoms with Crippen LogP contribution in [0.3, 0.4) is 0 Å². The highest BCUT2D eigenvalue weighted by Crippen LogP contribution is 2.29. The minimum absolute atomic E-state index is 0.0283. The summed E-state index contributed by atoms with van der Waals surface area (Å²) in [4.78, 5) is 113. The minimum Gasteiger partial charge on any atom is -0.377 e. The number of nitrogens with zero attached hydrogens (tertiary/aromatic N) is 4. The third-order valence-corrected chi connectivity index (χ3v) is 12.8. The molecule has 0 unspecified atom stereocenters. The Kier molecular flexibility index (Phi) is 16.1. The number of carbonyl (C=O) groups is 8. The third kappa shape index (κ3) is 10.7. The fourth-order valence-electron chi connectivity index (χ4n) is 9.13. The van der Waals surface area contributed by atoms with E-state index in [1.165, 1.54) is 0 Å². The van der Waals surface area contributed by atoms with Crippen LogP contribution in [-0.2, 0) is 37.9 Å². The predicted octanol–water partition coefficient (Wildman–Crippen LogP) is 2.79. The first-order chi connectivity index (χ1) is 35.1. The Morgan fingerprint density at radius 3 is 0.583 bits per heavy atom. The van der Waals surface area contributed by atoms with Crippen LogP contribution in [0.25, 0.3) is 0 Å². The quantitative estimate of drug-likeness (QED) is 0.232. The molecule has 1 saturated heterocycles. The van der Waals surface area contributed by atoms with E-state index in [1.807, 2.05) is 0 Å². The summed E-state index contributed by atoms with van der Waals surface area (Å²) >= 11 is 0. The van der Waals surface area contributed by atoms with Crippen molar-refractivity contribution in [2.75, 3.05) is 105 Å². The zero-order chi connectivity index (χ0) is 50.1. The minimum atomic E-state index is -1.04. The van der Waals surface area contributed by atoms with Crippen molar-refractivity contribution in [1.82, 2.24) is 19.6 Å². The highest BCUT2D eigenvalue weighted by Gasteiger charge is 2.44. The molecule has 376 valence electrons. The van der Waals surface area contributed by atoms with Crippen molar-refractivity contribution in [3.8, 4) is 0 Å². The first-order valence-electron chi connectivity index (χ1n) is 23.7. The zero-order valence-corrected chi connectivity index (χ0v) is 39.2. The number of carbonyl (C=O) groups excluding carboxylic acids is 8. The third-order valence-electron chi connectivity index (χ3n) is 12.8. The molecule has 0 N–H and O–H groups in total. The number of benzene rings is 4. The highest BCUT2D eigenvalue weighted by atomic mass is 16.6. The normalized spacial score (nSPS) is 23.3. The average Bonchev–Trinajstić information content (AvgIpc) is 3.98. The van der Waals surface area contributed by atoms with Crippen LogP contribution in [-0.4, -0.2) is 197 Å². The van der Waals surface area contributed by atoms with E-state index in [0.29, 0.717) is 0 Å². The molecule has 0 saturated carbocycles. The van der Waals surface area contributed by atoms with E-state index in [0.717, 1.165) is 19.6 Å². The van der Waals surface area contributed by atoms with Gasteiger partial charge in [-0.1, -0.05) is 48.5 Å². The van der Waals surface area contributed by atoms with Gasteiger partial charge in [0, 0.05) is 0 Å². The summed E-state index contributed by atoms with van der Waals surface area (Å²) in [5.74, 6) is -4.20. The molecule has 4 atom stereocenters. The summed E-state index contributed by atoms with van der Waals surface area (Å²) in [6.45, 7) is -0.789. The van der Waals surface area contributed by atoms with Crippen molar-refractivity contribution < 1.29 is 76.3 Å². The molecule has 4 aromatic carbocycles. The van der Waals surface area contributed by atoms with Gasteiger partial charge in [0.2, 0.25) is 0 Å². The Hall–Kier alpha value is -6.88. The van der Waals surface area contributed by atoms with E-state index in [-0.39, 0.29) is 150 Å². The smallest absolute Gasteiger partial charge is 0.261 e. The van der Waals surface area contributed by atoms with Crippen LogP contribution in [0.4, 0.5) is 0 Å². The molecular weight excluding hydrogens is 937 g/mol. The lowest BCUT2D eigenvalue weighted by Gasteiger charge is -2.32. The first-order valence-corrected chi connectivity index (χ1v) is 23.7. The van der Waals surface area contributed by atoms with Gasteiger partial charge in [-0.15, -0.1) is 0 Å². The number of rotatable bonds is 8. The van der Waals surface area contributed by atoms with Gasteiger partial charge in [0.05, 0.1) is 150 Å². The van der Waals surface area contributed by atoms with E-state index in [2.05, 4.69) is 0 Å². The van der Waals surface area contributed by atoms with Gasteiger partial charge in [-0.25, -0.2) is 0 Å². The SMILES string of the molecule is O=C1c2ccccc2C(=O)N1C[C@@H]1OCCOCCOCCO[C@H](CN2C(=O)c3ccccc3C2=O)[C@@H](CN2C(=O)c3ccccc3C2=O)OCCOCCOCCO[C@H]1CN1C(=O)c2ccccc2C1=O. The van der Waals surface area contributed by atoms with Crippen LogP contribution in [0.1, 0.15) is 82.9 Å². The van der Waals surface area contributed by atoms with Gasteiger partial charge >= 0.3 is 0 Å². The molecule has 1 fully saturated rings. The highest BCUT2D eigenvalue weighted by molar-refractivity contribution is 6.23. The molecule has 20 heteroatoms. The Morgan fingerprint density at radius 1 is 0.264 bits per heavy atom. The molecule has 0 spiro atoms. The number of ether oxygens (including phenoxy) is 8. The molecule has 5 heterocycles. The summed E-state index contributed by atoms with van der Waals surface area (Å²) in [5.41, 5.74) is 1.89. The molecule has 9 rings (SSSR count). The molecule has 0 aromatic heterocycles. The van der Waals surface area contributed by atoms with Crippen molar-refractivity contribution in [3.63, 3.8) is 0 Å². The predicted molar refractivity (Wildman–Crippen MR) is 249 cm³/mol. The Labute approximate surface area is 413 Å². The van der Waals surface area contributed by atoms with Crippen LogP contribution in [0.15, 0.2) is 97.1 Å². The second-order valence-corrected chi connectivity index (χ2v) is 17.2. The van der Waals surface area contributed by atoms with E-state index >= 15 is 0 Å². The molecule has 5 aliphatic rings. The second kappa shape index (κ2) is 23.1. The molecule has 0 aliphatic carbocycles. The molecule has 5 aliphatic heterocycles. The lowest BCUT2D eigenvalue weighted by molar-refractivity contribution is -0.112. The standard InChI is InChI=1S/C52H52N4O16/c57-45-33-9-1-2-10-34(33)46(58)53(45)29-41-42(30-54-47(59)35-11-3-4-12-36(35)48(54)60)70-26-22-66-19-20-68-24-28-72-44(32-56-51(63)39-15-7-8-16-40(39)52(56)64)43(71-27-23-67-18-17-65-21-25-69-41)31-55-49(61)37-13-5-6-14-38(37)50(55)62/h1-16,41-44H,17-32H2/t41-,42-,43+,44+. The molecule has 72 heavy (non-hydrogen) atoms. The Bertz CT molecular complexity index is 2220. The fraction of sp³-hybridized carbons (Fsp3) is 0.385. The van der Waals surface area contributed by atoms with Crippen LogP contribution in [0, 0.1) is 0 Å². The van der Waals surface area contributed by atoms with Crippen LogP contribution >= 0.6 is 0 Å². The number of amides is 8. The number of hydrogen-bond donors (Lipinski definition) is 0. The van der Waals surface area contributed by atoms with Crippen molar-refractivity contribution in [1.29, 1.82) is 0 Å². The van der Waals surface area contributed by atoms with Crippen molar-refractivity contribution in [3.05, 3.63) is 142 Å². The van der Waals surface area contributed by atoms with Gasteiger partial charge in [0.25, 0.3) is 47.3 Å². The van der Waals surface area contributed by atoms with Gasteiger partial charge in [-0.05, 0) is 48.5 Å². The van der Waals surface area contributed by atoms with E-state index < -0.39 is 71.7 Å². The first kappa shape index (κ1) is 50.1. The van der Waals surface area contributed by atoms with Gasteiger partial charge in [0.1, 0.15) is 24.4 Å². The van der Waals surface area contributed by atoms with Crippen molar-refractivity contribution in [2.45, 2.75) is 24.4 Å². The maximum Gasteiger partial charge on any atom is 0.261 e. The Balaban J connectivity index is 0.886. The largest absolute Gasteiger partial charge is 0.377 e. The number of imide groups is 4. The topological polar surface area (TPSA) is 223 Å². The lowest BCUT2D eigenvalue weighted by Crippen LogP contribution is -2.50. The maximum atomic E-state index is 13.6. The molecule has 20 nitrogen and oxygen atoms in total. The van der Waals surface area contributed by atoms with Gasteiger partial charge in [-0.2, -0.15) is 0 Å².